The molecule has 0 aromatic heterocycles. The van der Waals surface area contributed by atoms with Crippen LogP contribution in [0.25, 0.3) is 0 Å². The lowest BCUT2D eigenvalue weighted by atomic mass is 9.86. The highest BCUT2D eigenvalue weighted by Crippen LogP contribution is 2.29. The zero-order valence-corrected chi connectivity index (χ0v) is 13.9. The smallest absolute Gasteiger partial charge is 0.223 e. The van der Waals surface area contributed by atoms with Gasteiger partial charge >= 0.3 is 0 Å². The minimum atomic E-state index is -1.02. The molecule has 2 unspecified atom stereocenters. The lowest BCUT2D eigenvalue weighted by Crippen LogP contribution is -2.36. The Balaban J connectivity index is 1.79. The molecule has 1 aromatic carbocycles. The summed E-state index contributed by atoms with van der Waals surface area (Å²) in [5.74, 6) is -0.455. The summed E-state index contributed by atoms with van der Waals surface area (Å²) in [4.78, 5) is 24.0. The fourth-order valence-electron chi connectivity index (χ4n) is 3.30. The number of carbonyl (C=O) groups excluding carboxylic acids is 2. The molecule has 2 atom stereocenters. The van der Waals surface area contributed by atoms with Crippen molar-refractivity contribution in [3.8, 4) is 0 Å². The molecule has 2 aliphatic rings. The normalized spacial score (nSPS) is 22.4. The van der Waals surface area contributed by atoms with Crippen molar-refractivity contribution < 1.29 is 18.4 Å². The Morgan fingerprint density at radius 3 is 2.44 bits per heavy atom. The third-order valence-electron chi connectivity index (χ3n) is 4.81. The third-order valence-corrected chi connectivity index (χ3v) is 4.81. The van der Waals surface area contributed by atoms with Crippen molar-refractivity contribution in [1.29, 1.82) is 0 Å². The fourth-order valence-corrected chi connectivity index (χ4v) is 3.30. The van der Waals surface area contributed by atoms with Gasteiger partial charge < -0.3 is 5.32 Å². The van der Waals surface area contributed by atoms with Crippen LogP contribution < -0.4 is 5.32 Å². The van der Waals surface area contributed by atoms with Crippen LogP contribution in [0.15, 0.2) is 48.1 Å². The number of carbonyl (C=O) groups is 2. The van der Waals surface area contributed by atoms with Gasteiger partial charge in [0.1, 0.15) is 17.8 Å². The Labute approximate surface area is 145 Å². The summed E-state index contributed by atoms with van der Waals surface area (Å²) in [5.41, 5.74) is 1.54. The molecule has 0 spiro atoms. The number of allylic oxidation sites excluding steroid dienone is 2. The highest BCUT2D eigenvalue weighted by Gasteiger charge is 2.28. The predicted molar refractivity (Wildman–Crippen MR) is 91.0 cm³/mol. The Morgan fingerprint density at radius 2 is 1.84 bits per heavy atom. The van der Waals surface area contributed by atoms with E-state index in [1.165, 1.54) is 18.2 Å². The van der Waals surface area contributed by atoms with Crippen molar-refractivity contribution in [3.05, 3.63) is 59.4 Å². The second-order valence-electron chi connectivity index (χ2n) is 6.62. The maximum Gasteiger partial charge on any atom is 0.223 e. The predicted octanol–water partition coefficient (Wildman–Crippen LogP) is 3.97. The first-order valence-corrected chi connectivity index (χ1v) is 8.63. The molecule has 5 heteroatoms. The fraction of sp³-hybridized carbons (Fsp3) is 0.400. The molecule has 1 aromatic rings. The molecule has 1 amide bonds. The molecule has 0 saturated heterocycles. The number of alkyl halides is 1. The topological polar surface area (TPSA) is 46.2 Å². The van der Waals surface area contributed by atoms with Crippen LogP contribution in [-0.4, -0.2) is 17.9 Å². The van der Waals surface area contributed by atoms with Crippen molar-refractivity contribution in [3.63, 3.8) is 0 Å². The van der Waals surface area contributed by atoms with Crippen LogP contribution in [0.2, 0.25) is 0 Å². The van der Waals surface area contributed by atoms with E-state index < -0.39 is 12.2 Å². The summed E-state index contributed by atoms with van der Waals surface area (Å²) in [7, 11) is 0. The number of benzene rings is 1. The summed E-state index contributed by atoms with van der Waals surface area (Å²) in [6.45, 7) is 0. The van der Waals surface area contributed by atoms with Crippen molar-refractivity contribution in [2.24, 2.45) is 5.92 Å². The van der Waals surface area contributed by atoms with Crippen LogP contribution in [0, 0.1) is 11.7 Å². The molecule has 25 heavy (non-hydrogen) atoms. The quantitative estimate of drug-likeness (QED) is 0.898. The Kier molecular flexibility index (Phi) is 5.41. The van der Waals surface area contributed by atoms with Gasteiger partial charge in [-0.2, -0.15) is 0 Å². The van der Waals surface area contributed by atoms with Crippen molar-refractivity contribution in [2.45, 2.75) is 44.3 Å². The van der Waals surface area contributed by atoms with E-state index in [0.29, 0.717) is 25.7 Å². The first-order valence-electron chi connectivity index (χ1n) is 8.63. The van der Waals surface area contributed by atoms with Crippen molar-refractivity contribution in [2.75, 3.05) is 0 Å². The van der Waals surface area contributed by atoms with Crippen molar-refractivity contribution >= 4 is 11.7 Å². The third kappa shape index (κ3) is 4.41. The molecule has 132 valence electrons. The number of nitrogens with one attached hydrogen (secondary N) is 1. The van der Waals surface area contributed by atoms with Gasteiger partial charge in [0.15, 0.2) is 0 Å². The number of amides is 1. The van der Waals surface area contributed by atoms with Gasteiger partial charge in [-0.3, -0.25) is 9.59 Å². The van der Waals surface area contributed by atoms with Gasteiger partial charge in [0, 0.05) is 25.2 Å². The van der Waals surface area contributed by atoms with E-state index in [-0.39, 0.29) is 29.8 Å². The summed E-state index contributed by atoms with van der Waals surface area (Å²) in [6.07, 6.45) is 6.14. The average molecular weight is 345 g/mol. The van der Waals surface area contributed by atoms with Gasteiger partial charge in [-0.05, 0) is 36.1 Å². The Morgan fingerprint density at radius 1 is 1.16 bits per heavy atom. The summed E-state index contributed by atoms with van der Waals surface area (Å²) in [5, 5.41) is 3.01. The molecule has 1 saturated carbocycles. The molecule has 0 heterocycles. The van der Waals surface area contributed by atoms with Gasteiger partial charge in [0.2, 0.25) is 5.91 Å². The number of rotatable bonds is 4. The van der Waals surface area contributed by atoms with Crippen LogP contribution >= 0.6 is 0 Å². The maximum atomic E-state index is 13.4. The van der Waals surface area contributed by atoms with E-state index in [4.69, 9.17) is 0 Å². The van der Waals surface area contributed by atoms with E-state index in [2.05, 4.69) is 5.32 Å². The Hall–Kier alpha value is -2.30. The molecule has 2 aliphatic carbocycles. The largest absolute Gasteiger partial charge is 0.345 e. The van der Waals surface area contributed by atoms with Crippen LogP contribution in [0.5, 0.6) is 0 Å². The maximum absolute atomic E-state index is 13.4. The van der Waals surface area contributed by atoms with Gasteiger partial charge in [-0.15, -0.1) is 0 Å². The molecular formula is C20H21F2NO2. The molecule has 0 aliphatic heterocycles. The number of hydrogen-bond donors (Lipinski definition) is 1. The number of hydrogen-bond acceptors (Lipinski definition) is 2. The van der Waals surface area contributed by atoms with Crippen LogP contribution in [0.1, 0.15) is 43.7 Å². The van der Waals surface area contributed by atoms with Gasteiger partial charge in [0.05, 0.1) is 6.04 Å². The average Bonchev–Trinajstić information content (AvgIpc) is 2.62. The second kappa shape index (κ2) is 7.72. The SMILES string of the molecule is O=C1CCC(C(=O)NC(C2=CCC(F)C=C2)c2ccc(F)cc2)CC1. The van der Waals surface area contributed by atoms with E-state index in [1.807, 2.05) is 0 Å². The number of Topliss-reactive ketones (excluding diaryl/α,β-unsaturated/α-hetero) is 1. The van der Waals surface area contributed by atoms with Gasteiger partial charge in [-0.25, -0.2) is 8.78 Å². The van der Waals surface area contributed by atoms with Crippen LogP contribution in [-0.2, 0) is 9.59 Å². The highest BCUT2D eigenvalue weighted by molar-refractivity contribution is 5.85. The van der Waals surface area contributed by atoms with E-state index in [9.17, 15) is 18.4 Å². The minimum absolute atomic E-state index is 0.113. The monoisotopic (exact) mass is 345 g/mol. The lowest BCUT2D eigenvalue weighted by Gasteiger charge is -2.27. The molecule has 3 nitrogen and oxygen atoms in total. The highest BCUT2D eigenvalue weighted by atomic mass is 19.1. The van der Waals surface area contributed by atoms with Crippen LogP contribution in [0.4, 0.5) is 8.78 Å². The number of halogens is 2. The second-order valence-corrected chi connectivity index (χ2v) is 6.62. The van der Waals surface area contributed by atoms with E-state index in [1.54, 1.807) is 24.3 Å². The molecule has 3 rings (SSSR count). The molecule has 1 fully saturated rings. The van der Waals surface area contributed by atoms with Crippen molar-refractivity contribution in [1.82, 2.24) is 5.32 Å². The Bertz CT molecular complexity index is 699. The molecular weight excluding hydrogens is 324 g/mol. The van der Waals surface area contributed by atoms with Gasteiger partial charge in [-0.1, -0.05) is 30.4 Å². The molecule has 1 N–H and O–H groups in total. The summed E-state index contributed by atoms with van der Waals surface area (Å²) in [6, 6.07) is 5.49. The van der Waals surface area contributed by atoms with Gasteiger partial charge in [0.25, 0.3) is 0 Å². The van der Waals surface area contributed by atoms with Crippen LogP contribution in [0.3, 0.4) is 0 Å². The van der Waals surface area contributed by atoms with E-state index in [0.717, 1.165) is 11.1 Å². The first kappa shape index (κ1) is 17.5. The molecule has 0 bridgehead atoms. The summed E-state index contributed by atoms with van der Waals surface area (Å²) >= 11 is 0. The number of ketones is 1. The first-order chi connectivity index (χ1) is 12.0. The lowest BCUT2D eigenvalue weighted by molar-refractivity contribution is -0.128. The minimum Gasteiger partial charge on any atom is -0.345 e. The zero-order chi connectivity index (χ0) is 17.8. The standard InChI is InChI=1S/C20H21F2NO2/c21-16-7-1-13(2-8-16)19(14-3-9-17(22)10-4-14)23-20(25)15-5-11-18(24)12-6-15/h1-4,7-9,15,17,19H,5-6,10-12H2,(H,23,25). The zero-order valence-electron chi connectivity index (χ0n) is 13.9. The summed E-state index contributed by atoms with van der Waals surface area (Å²) < 4.78 is 26.6. The molecule has 0 radical (unpaired) electrons. The van der Waals surface area contributed by atoms with E-state index >= 15 is 0 Å².